The summed E-state index contributed by atoms with van der Waals surface area (Å²) >= 11 is 0. The van der Waals surface area contributed by atoms with Gasteiger partial charge in [0, 0.05) is 32.8 Å². The van der Waals surface area contributed by atoms with Gasteiger partial charge >= 0.3 is 0 Å². The smallest absolute Gasteiger partial charge is 0.0587 e. The Labute approximate surface area is 125 Å². The molecular formula is C17H34N2O. The van der Waals surface area contributed by atoms with E-state index < -0.39 is 0 Å². The highest BCUT2D eigenvalue weighted by Gasteiger charge is 2.38. The molecule has 0 amide bonds. The number of rotatable bonds is 9. The van der Waals surface area contributed by atoms with E-state index in [1.807, 2.05) is 0 Å². The van der Waals surface area contributed by atoms with Crippen LogP contribution in [0.3, 0.4) is 0 Å². The highest BCUT2D eigenvalue weighted by Crippen LogP contribution is 2.41. The van der Waals surface area contributed by atoms with Crippen LogP contribution in [0.1, 0.15) is 52.4 Å². The van der Waals surface area contributed by atoms with Crippen molar-refractivity contribution in [1.82, 2.24) is 10.2 Å². The van der Waals surface area contributed by atoms with Gasteiger partial charge in [0.05, 0.1) is 6.61 Å². The van der Waals surface area contributed by atoms with E-state index in [0.717, 1.165) is 25.1 Å². The Kier molecular flexibility index (Phi) is 6.31. The molecule has 118 valence electrons. The van der Waals surface area contributed by atoms with Crippen LogP contribution in [0, 0.1) is 11.3 Å². The second-order valence-corrected chi connectivity index (χ2v) is 7.15. The van der Waals surface area contributed by atoms with Crippen molar-refractivity contribution in [3.63, 3.8) is 0 Å². The zero-order chi connectivity index (χ0) is 14.4. The predicted octanol–water partition coefficient (Wildman–Crippen LogP) is 2.90. The van der Waals surface area contributed by atoms with Crippen molar-refractivity contribution in [3.8, 4) is 0 Å². The van der Waals surface area contributed by atoms with Gasteiger partial charge in [-0.1, -0.05) is 26.7 Å². The first-order valence-electron chi connectivity index (χ1n) is 8.63. The summed E-state index contributed by atoms with van der Waals surface area (Å²) in [5.41, 5.74) is 0.513. The van der Waals surface area contributed by atoms with Crippen LogP contribution < -0.4 is 5.32 Å². The highest BCUT2D eigenvalue weighted by molar-refractivity contribution is 4.93. The molecule has 0 saturated heterocycles. The molecule has 0 aliphatic heterocycles. The molecule has 2 aliphatic rings. The summed E-state index contributed by atoms with van der Waals surface area (Å²) in [6, 6.07) is 0.898. The van der Waals surface area contributed by atoms with Gasteiger partial charge in [0.2, 0.25) is 0 Å². The molecule has 0 aromatic heterocycles. The van der Waals surface area contributed by atoms with Crippen LogP contribution >= 0.6 is 0 Å². The number of hydrogen-bond acceptors (Lipinski definition) is 3. The summed E-state index contributed by atoms with van der Waals surface area (Å²) < 4.78 is 5.16. The fraction of sp³-hybridized carbons (Fsp3) is 1.00. The fourth-order valence-electron chi connectivity index (χ4n) is 3.66. The summed E-state index contributed by atoms with van der Waals surface area (Å²) in [5, 5.41) is 3.65. The first-order valence-corrected chi connectivity index (χ1v) is 8.63. The molecule has 2 aliphatic carbocycles. The van der Waals surface area contributed by atoms with E-state index in [4.69, 9.17) is 4.74 Å². The molecule has 0 aromatic carbocycles. The van der Waals surface area contributed by atoms with Crippen LogP contribution in [0.25, 0.3) is 0 Å². The largest absolute Gasteiger partial charge is 0.383 e. The van der Waals surface area contributed by atoms with Gasteiger partial charge in [0.15, 0.2) is 0 Å². The third kappa shape index (κ3) is 4.71. The van der Waals surface area contributed by atoms with E-state index >= 15 is 0 Å². The van der Waals surface area contributed by atoms with Crippen molar-refractivity contribution in [2.24, 2.45) is 11.3 Å². The molecule has 0 bridgehead atoms. The molecule has 0 atom stereocenters. The van der Waals surface area contributed by atoms with Crippen molar-refractivity contribution >= 4 is 0 Å². The number of nitrogens with one attached hydrogen (secondary N) is 1. The summed E-state index contributed by atoms with van der Waals surface area (Å²) in [5.74, 6) is 0.929. The lowest BCUT2D eigenvalue weighted by molar-refractivity contribution is 0.0824. The number of ether oxygens (including phenoxy) is 1. The van der Waals surface area contributed by atoms with Crippen molar-refractivity contribution in [1.29, 1.82) is 0 Å². The lowest BCUT2D eigenvalue weighted by atomic mass is 9.70. The molecule has 0 radical (unpaired) electrons. The Balaban J connectivity index is 1.88. The van der Waals surface area contributed by atoms with Crippen molar-refractivity contribution in [3.05, 3.63) is 0 Å². The third-order valence-electron chi connectivity index (χ3n) is 5.33. The summed E-state index contributed by atoms with van der Waals surface area (Å²) in [6.45, 7) is 10.3. The molecule has 2 rings (SSSR count). The molecule has 0 spiro atoms. The molecule has 20 heavy (non-hydrogen) atoms. The van der Waals surface area contributed by atoms with E-state index in [1.54, 1.807) is 7.11 Å². The minimum atomic E-state index is 0.513. The van der Waals surface area contributed by atoms with Crippen molar-refractivity contribution in [2.45, 2.75) is 58.4 Å². The lowest BCUT2D eigenvalue weighted by Gasteiger charge is -2.43. The Morgan fingerprint density at radius 1 is 1.20 bits per heavy atom. The minimum absolute atomic E-state index is 0.513. The van der Waals surface area contributed by atoms with Crippen LogP contribution in [-0.2, 0) is 4.74 Å². The second kappa shape index (κ2) is 7.77. The molecule has 2 saturated carbocycles. The van der Waals surface area contributed by atoms with Crippen molar-refractivity contribution < 1.29 is 4.74 Å². The highest BCUT2D eigenvalue weighted by atomic mass is 16.5. The first-order chi connectivity index (χ1) is 9.69. The lowest BCUT2D eigenvalue weighted by Crippen LogP contribution is -2.47. The van der Waals surface area contributed by atoms with E-state index in [0.29, 0.717) is 5.41 Å². The van der Waals surface area contributed by atoms with E-state index in [-0.39, 0.29) is 0 Å². The molecule has 2 fully saturated rings. The zero-order valence-corrected chi connectivity index (χ0v) is 13.8. The minimum Gasteiger partial charge on any atom is -0.383 e. The van der Waals surface area contributed by atoms with Gasteiger partial charge in [-0.2, -0.15) is 0 Å². The first kappa shape index (κ1) is 16.3. The van der Waals surface area contributed by atoms with E-state index in [9.17, 15) is 0 Å². The van der Waals surface area contributed by atoms with Crippen LogP contribution in [-0.4, -0.2) is 50.8 Å². The maximum atomic E-state index is 5.16. The molecule has 1 N–H and O–H groups in total. The average Bonchev–Trinajstić information content (AvgIpc) is 3.29. The van der Waals surface area contributed by atoms with Gasteiger partial charge in [-0.25, -0.2) is 0 Å². The molecule has 0 heterocycles. The third-order valence-corrected chi connectivity index (χ3v) is 5.33. The number of hydrogen-bond donors (Lipinski definition) is 1. The summed E-state index contributed by atoms with van der Waals surface area (Å²) in [4.78, 5) is 2.74. The van der Waals surface area contributed by atoms with Gasteiger partial charge in [0.1, 0.15) is 0 Å². The predicted molar refractivity (Wildman–Crippen MR) is 85.1 cm³/mol. The normalized spacial score (nSPS) is 30.9. The Hall–Kier alpha value is -0.120. The quantitative estimate of drug-likeness (QED) is 0.658. The number of methoxy groups -OCH3 is 1. The van der Waals surface area contributed by atoms with Gasteiger partial charge in [-0.3, -0.25) is 0 Å². The van der Waals surface area contributed by atoms with Crippen molar-refractivity contribution in [2.75, 3.05) is 39.9 Å². The fourth-order valence-corrected chi connectivity index (χ4v) is 3.66. The summed E-state index contributed by atoms with van der Waals surface area (Å²) in [7, 11) is 1.78. The molecule has 3 heteroatoms. The van der Waals surface area contributed by atoms with Crippen LogP contribution in [0.15, 0.2) is 0 Å². The number of nitrogens with zero attached hydrogens (tertiary/aromatic N) is 1. The van der Waals surface area contributed by atoms with E-state index in [1.165, 1.54) is 58.2 Å². The maximum Gasteiger partial charge on any atom is 0.0587 e. The van der Waals surface area contributed by atoms with Gasteiger partial charge in [-0.05, 0) is 43.6 Å². The molecule has 3 nitrogen and oxygen atoms in total. The Bertz CT molecular complexity index is 270. The standard InChI is InChI=1S/C17H34N2O/c1-4-19(16-5-6-16)14-17(13-18-11-12-20-3)9-7-15(2)8-10-17/h15-16,18H,4-14H2,1-3H3. The second-order valence-electron chi connectivity index (χ2n) is 7.15. The molecule has 0 unspecified atom stereocenters. The Morgan fingerprint density at radius 3 is 2.45 bits per heavy atom. The van der Waals surface area contributed by atoms with E-state index in [2.05, 4.69) is 24.1 Å². The Morgan fingerprint density at radius 2 is 1.90 bits per heavy atom. The maximum absolute atomic E-state index is 5.16. The molecular weight excluding hydrogens is 248 g/mol. The van der Waals surface area contributed by atoms with Crippen LogP contribution in [0.2, 0.25) is 0 Å². The van der Waals surface area contributed by atoms with Gasteiger partial charge < -0.3 is 15.0 Å². The average molecular weight is 282 g/mol. The summed E-state index contributed by atoms with van der Waals surface area (Å²) in [6.07, 6.45) is 8.48. The van der Waals surface area contributed by atoms with Crippen LogP contribution in [0.4, 0.5) is 0 Å². The monoisotopic (exact) mass is 282 g/mol. The molecule has 0 aromatic rings. The van der Waals surface area contributed by atoms with Gasteiger partial charge in [-0.15, -0.1) is 0 Å². The van der Waals surface area contributed by atoms with Gasteiger partial charge in [0.25, 0.3) is 0 Å². The SMILES string of the molecule is CCN(CC1(CNCCOC)CCC(C)CC1)C1CC1. The van der Waals surface area contributed by atoms with Crippen LogP contribution in [0.5, 0.6) is 0 Å². The topological polar surface area (TPSA) is 24.5 Å². The zero-order valence-electron chi connectivity index (χ0n) is 13.8.